The van der Waals surface area contributed by atoms with Gasteiger partial charge >= 0.3 is 0 Å². The van der Waals surface area contributed by atoms with Gasteiger partial charge < -0.3 is 0 Å². The number of fused-ring (bicyclic) bond motifs is 3. The first-order valence-corrected chi connectivity index (χ1v) is 5.98. The summed E-state index contributed by atoms with van der Waals surface area (Å²) in [5.74, 6) is 2.23. The van der Waals surface area contributed by atoms with Crippen molar-refractivity contribution in [3.8, 4) is 0 Å². The van der Waals surface area contributed by atoms with Gasteiger partial charge in [-0.3, -0.25) is 4.79 Å². The molecule has 0 aliphatic heterocycles. The van der Waals surface area contributed by atoms with Crippen molar-refractivity contribution in [3.05, 3.63) is 0 Å². The van der Waals surface area contributed by atoms with Gasteiger partial charge in [0.2, 0.25) is 0 Å². The first-order valence-electron chi connectivity index (χ1n) is 5.98. The van der Waals surface area contributed by atoms with Gasteiger partial charge in [-0.15, -0.1) is 0 Å². The Balaban J connectivity index is 1.97. The molecule has 1 heteroatoms. The molecule has 0 bridgehead atoms. The molecule has 0 radical (unpaired) electrons. The predicted molar refractivity (Wildman–Crippen MR) is 55.8 cm³/mol. The van der Waals surface area contributed by atoms with Crippen LogP contribution in [0.4, 0.5) is 0 Å². The molecule has 0 aromatic heterocycles. The minimum Gasteiger partial charge on any atom is -0.299 e. The third kappa shape index (κ3) is 0.844. The fourth-order valence-electron chi connectivity index (χ4n) is 4.46. The molecule has 0 amide bonds. The first-order chi connectivity index (χ1) is 6.44. The zero-order valence-corrected chi connectivity index (χ0v) is 9.47. The highest BCUT2D eigenvalue weighted by molar-refractivity contribution is 5.88. The van der Waals surface area contributed by atoms with Crippen LogP contribution in [-0.4, -0.2) is 5.78 Å². The minimum absolute atomic E-state index is 0.412. The molecule has 0 aromatic carbocycles. The standard InChI is InChI=1S/C13H20O/c1-12(2)6-8-10(7-12)13(3)5-4-9(13)11(8)14/h8-10H,4-7H2,1-3H3/t8-,9+,10+,13+/m1/s1. The molecule has 4 atom stereocenters. The van der Waals surface area contributed by atoms with E-state index < -0.39 is 0 Å². The largest absolute Gasteiger partial charge is 0.299 e. The smallest absolute Gasteiger partial charge is 0.139 e. The van der Waals surface area contributed by atoms with Crippen LogP contribution in [0.25, 0.3) is 0 Å². The van der Waals surface area contributed by atoms with E-state index in [-0.39, 0.29) is 0 Å². The lowest BCUT2D eigenvalue weighted by Crippen LogP contribution is -2.40. The van der Waals surface area contributed by atoms with E-state index in [1.54, 1.807) is 0 Å². The van der Waals surface area contributed by atoms with Crippen LogP contribution < -0.4 is 0 Å². The Hall–Kier alpha value is -0.330. The lowest BCUT2D eigenvalue weighted by Gasteiger charge is -2.45. The molecule has 3 saturated carbocycles. The van der Waals surface area contributed by atoms with Gasteiger partial charge in [0.1, 0.15) is 5.78 Å². The monoisotopic (exact) mass is 192 g/mol. The summed E-state index contributed by atoms with van der Waals surface area (Å²) in [5.41, 5.74) is 0.837. The molecule has 78 valence electrons. The molecule has 0 N–H and O–H groups in total. The fraction of sp³-hybridized carbons (Fsp3) is 0.923. The molecule has 3 aliphatic carbocycles. The van der Waals surface area contributed by atoms with Gasteiger partial charge in [-0.25, -0.2) is 0 Å². The molecule has 3 rings (SSSR count). The number of rotatable bonds is 0. The maximum absolute atomic E-state index is 12.1. The van der Waals surface area contributed by atoms with E-state index in [2.05, 4.69) is 20.8 Å². The number of hydrogen-bond donors (Lipinski definition) is 0. The quantitative estimate of drug-likeness (QED) is 0.576. The Morgan fingerprint density at radius 3 is 2.50 bits per heavy atom. The Bertz CT molecular complexity index is 304. The normalized spacial score (nSPS) is 53.9. The Labute approximate surface area is 86.3 Å². The van der Waals surface area contributed by atoms with Crippen LogP contribution in [0.3, 0.4) is 0 Å². The van der Waals surface area contributed by atoms with E-state index in [1.165, 1.54) is 19.3 Å². The second kappa shape index (κ2) is 2.25. The topological polar surface area (TPSA) is 17.1 Å². The van der Waals surface area contributed by atoms with Gasteiger partial charge in [-0.2, -0.15) is 0 Å². The number of carbonyl (C=O) groups excluding carboxylic acids is 1. The summed E-state index contributed by atoms with van der Waals surface area (Å²) >= 11 is 0. The number of carbonyl (C=O) groups is 1. The van der Waals surface area contributed by atoms with Gasteiger partial charge in [0.05, 0.1) is 0 Å². The molecule has 1 nitrogen and oxygen atoms in total. The van der Waals surface area contributed by atoms with Crippen LogP contribution in [0.2, 0.25) is 0 Å². The number of hydrogen-bond acceptors (Lipinski definition) is 1. The van der Waals surface area contributed by atoms with Crippen molar-refractivity contribution >= 4 is 5.78 Å². The molecule has 3 fully saturated rings. The van der Waals surface area contributed by atoms with Gasteiger partial charge in [0.15, 0.2) is 0 Å². The maximum Gasteiger partial charge on any atom is 0.139 e. The Kier molecular flexibility index (Phi) is 1.44. The lowest BCUT2D eigenvalue weighted by molar-refractivity contribution is -0.128. The maximum atomic E-state index is 12.1. The molecule has 0 heterocycles. The van der Waals surface area contributed by atoms with E-state index in [1.807, 2.05) is 0 Å². The van der Waals surface area contributed by atoms with E-state index >= 15 is 0 Å². The third-order valence-electron chi connectivity index (χ3n) is 5.35. The zero-order valence-electron chi connectivity index (χ0n) is 9.47. The summed E-state index contributed by atoms with van der Waals surface area (Å²) in [6, 6.07) is 0. The predicted octanol–water partition coefficient (Wildman–Crippen LogP) is 3.04. The van der Waals surface area contributed by atoms with Crippen LogP contribution >= 0.6 is 0 Å². The van der Waals surface area contributed by atoms with Crippen LogP contribution in [0.5, 0.6) is 0 Å². The zero-order chi connectivity index (χ0) is 10.1. The van der Waals surface area contributed by atoms with Crippen molar-refractivity contribution in [2.75, 3.05) is 0 Å². The van der Waals surface area contributed by atoms with Crippen molar-refractivity contribution in [1.82, 2.24) is 0 Å². The summed E-state index contributed by atoms with van der Waals surface area (Å²) in [6.07, 6.45) is 4.93. The minimum atomic E-state index is 0.412. The van der Waals surface area contributed by atoms with E-state index in [4.69, 9.17) is 0 Å². The summed E-state index contributed by atoms with van der Waals surface area (Å²) in [7, 11) is 0. The summed E-state index contributed by atoms with van der Waals surface area (Å²) in [6.45, 7) is 7.02. The molecule has 0 saturated heterocycles. The first kappa shape index (κ1) is 8.94. The summed E-state index contributed by atoms with van der Waals surface area (Å²) < 4.78 is 0. The van der Waals surface area contributed by atoms with Crippen molar-refractivity contribution in [3.63, 3.8) is 0 Å². The van der Waals surface area contributed by atoms with Gasteiger partial charge in [-0.05, 0) is 42.4 Å². The molecule has 14 heavy (non-hydrogen) atoms. The number of ketones is 1. The Morgan fingerprint density at radius 1 is 1.21 bits per heavy atom. The van der Waals surface area contributed by atoms with Crippen LogP contribution in [0, 0.1) is 28.6 Å². The molecule has 0 unspecified atom stereocenters. The second-order valence-electron chi connectivity index (χ2n) is 6.78. The SMILES string of the molecule is CC1(C)C[C@H]2C(=O)[C@@H]3CC[C@]3(C)[C@H]2C1. The Morgan fingerprint density at radius 2 is 1.93 bits per heavy atom. The van der Waals surface area contributed by atoms with E-state index in [0.717, 1.165) is 12.3 Å². The van der Waals surface area contributed by atoms with Crippen molar-refractivity contribution < 1.29 is 4.79 Å². The average Bonchev–Trinajstić information content (AvgIpc) is 2.42. The highest BCUT2D eigenvalue weighted by Crippen LogP contribution is 2.67. The average molecular weight is 192 g/mol. The highest BCUT2D eigenvalue weighted by atomic mass is 16.1. The molecular weight excluding hydrogens is 172 g/mol. The van der Waals surface area contributed by atoms with Crippen LogP contribution in [0.15, 0.2) is 0 Å². The highest BCUT2D eigenvalue weighted by Gasteiger charge is 2.65. The van der Waals surface area contributed by atoms with E-state index in [9.17, 15) is 4.79 Å². The van der Waals surface area contributed by atoms with Gasteiger partial charge in [0.25, 0.3) is 0 Å². The van der Waals surface area contributed by atoms with Crippen LogP contribution in [0.1, 0.15) is 46.5 Å². The fourth-order valence-corrected chi connectivity index (χ4v) is 4.46. The number of Topliss-reactive ketones (excluding diaryl/α,β-unsaturated/α-hetero) is 1. The molecule has 3 aliphatic rings. The van der Waals surface area contributed by atoms with Crippen molar-refractivity contribution in [2.45, 2.75) is 46.5 Å². The van der Waals surface area contributed by atoms with Gasteiger partial charge in [0, 0.05) is 11.8 Å². The molecular formula is C13H20O. The second-order valence-corrected chi connectivity index (χ2v) is 6.78. The summed E-state index contributed by atoms with van der Waals surface area (Å²) in [5, 5.41) is 0. The molecule has 0 aromatic rings. The molecule has 0 spiro atoms. The lowest BCUT2D eigenvalue weighted by atomic mass is 9.58. The van der Waals surface area contributed by atoms with Crippen LogP contribution in [-0.2, 0) is 4.79 Å². The van der Waals surface area contributed by atoms with Gasteiger partial charge in [-0.1, -0.05) is 20.8 Å². The third-order valence-corrected chi connectivity index (χ3v) is 5.35. The van der Waals surface area contributed by atoms with Crippen molar-refractivity contribution in [1.29, 1.82) is 0 Å². The summed E-state index contributed by atoms with van der Waals surface area (Å²) in [4.78, 5) is 12.1. The van der Waals surface area contributed by atoms with E-state index in [0.29, 0.717) is 28.4 Å². The van der Waals surface area contributed by atoms with Crippen molar-refractivity contribution in [2.24, 2.45) is 28.6 Å².